The van der Waals surface area contributed by atoms with E-state index in [1.807, 2.05) is 0 Å². The lowest BCUT2D eigenvalue weighted by molar-refractivity contribution is -0.136. The molecule has 2 rings (SSSR count). The first kappa shape index (κ1) is 42.9. The van der Waals surface area contributed by atoms with Crippen LogP contribution in [0.15, 0.2) is 48.5 Å². The van der Waals surface area contributed by atoms with Crippen LogP contribution in [0, 0.1) is 0 Å². The molecule has 0 radical (unpaired) electrons. The van der Waals surface area contributed by atoms with E-state index in [4.69, 9.17) is 0 Å². The third-order valence-electron chi connectivity index (χ3n) is 8.73. The Morgan fingerprint density at radius 1 is 0.417 bits per heavy atom. The Balaban J connectivity index is 1.43. The number of hydrogen-bond donors (Lipinski definition) is 2. The van der Waals surface area contributed by atoms with Crippen LogP contribution in [-0.2, 0) is 33.9 Å². The summed E-state index contributed by atoms with van der Waals surface area (Å²) in [6, 6.07) is 17.6. The molecule has 0 aliphatic rings. The molecule has 2 amide bonds. The summed E-state index contributed by atoms with van der Waals surface area (Å²) in [4.78, 5) is 24.3. The predicted molar refractivity (Wildman–Crippen MR) is 218 cm³/mol. The Morgan fingerprint density at radius 2 is 0.688 bits per heavy atom. The van der Waals surface area contributed by atoms with Gasteiger partial charge in [0.2, 0.25) is 0 Å². The van der Waals surface area contributed by atoms with Crippen LogP contribution in [0.1, 0.15) is 165 Å². The summed E-state index contributed by atoms with van der Waals surface area (Å²) in [5.41, 5.74) is 5.23. The van der Waals surface area contributed by atoms with Gasteiger partial charge in [-0.15, -0.1) is 0 Å². The zero-order valence-electron chi connectivity index (χ0n) is 30.0. The summed E-state index contributed by atoms with van der Waals surface area (Å²) in [5.74, 6) is 0.300. The molecule has 0 bridgehead atoms. The van der Waals surface area contributed by atoms with Crippen LogP contribution in [0.25, 0.3) is 0 Å². The maximum atomic E-state index is 12.2. The lowest BCUT2D eigenvalue weighted by Crippen LogP contribution is -2.32. The molecule has 0 aliphatic heterocycles. The SMILES string of the molecule is CCCCCCCCCCCCc1ccc(CSSNC(=O)C(=O)NSSCc2ccc(CCCCCCCCCCCC)cc2)cc1. The number of aryl methyl sites for hydroxylation is 2. The summed E-state index contributed by atoms with van der Waals surface area (Å²) >= 11 is 0. The highest BCUT2D eigenvalue weighted by Gasteiger charge is 2.13. The van der Waals surface area contributed by atoms with Crippen LogP contribution < -0.4 is 9.44 Å². The van der Waals surface area contributed by atoms with Crippen molar-refractivity contribution < 1.29 is 9.59 Å². The van der Waals surface area contributed by atoms with Crippen molar-refractivity contribution >= 4 is 55.4 Å². The van der Waals surface area contributed by atoms with Gasteiger partial charge in [0.05, 0.1) is 0 Å². The minimum Gasteiger partial charge on any atom is -0.283 e. The van der Waals surface area contributed by atoms with Crippen molar-refractivity contribution in [1.29, 1.82) is 0 Å². The van der Waals surface area contributed by atoms with E-state index in [-0.39, 0.29) is 0 Å². The lowest BCUT2D eigenvalue weighted by Gasteiger charge is -2.07. The number of carbonyl (C=O) groups is 2. The Labute approximate surface area is 310 Å². The highest BCUT2D eigenvalue weighted by molar-refractivity contribution is 8.76. The number of nitrogens with one attached hydrogen (secondary N) is 2. The first-order valence-corrected chi connectivity index (χ1v) is 23.6. The van der Waals surface area contributed by atoms with Gasteiger partial charge in [-0.2, -0.15) is 0 Å². The summed E-state index contributed by atoms with van der Waals surface area (Å²) < 4.78 is 5.27. The Morgan fingerprint density at radius 3 is 1.00 bits per heavy atom. The average molecular weight is 733 g/mol. The Kier molecular flexibility index (Phi) is 27.4. The minimum atomic E-state index is -0.622. The molecule has 0 fully saturated rings. The second-order valence-corrected chi connectivity index (χ2v) is 17.3. The third-order valence-corrected chi connectivity index (χ3v) is 12.3. The van der Waals surface area contributed by atoms with Crippen LogP contribution in [0.2, 0.25) is 0 Å². The van der Waals surface area contributed by atoms with Crippen molar-refractivity contribution in [1.82, 2.24) is 9.44 Å². The molecule has 8 heteroatoms. The van der Waals surface area contributed by atoms with E-state index in [1.165, 1.54) is 194 Å². The number of hydrogen-bond acceptors (Lipinski definition) is 6. The molecule has 4 nitrogen and oxygen atoms in total. The van der Waals surface area contributed by atoms with Crippen molar-refractivity contribution in [3.63, 3.8) is 0 Å². The maximum absolute atomic E-state index is 12.2. The molecule has 2 aromatic carbocycles. The second-order valence-electron chi connectivity index (χ2n) is 13.1. The van der Waals surface area contributed by atoms with Crippen molar-refractivity contribution in [3.8, 4) is 0 Å². The van der Waals surface area contributed by atoms with Gasteiger partial charge in [0.15, 0.2) is 0 Å². The number of rotatable bonds is 30. The molecule has 0 aromatic heterocycles. The molecule has 0 heterocycles. The van der Waals surface area contributed by atoms with Crippen molar-refractivity contribution in [2.45, 2.75) is 167 Å². The monoisotopic (exact) mass is 732 g/mol. The molecule has 2 aromatic rings. The van der Waals surface area contributed by atoms with Crippen LogP contribution in [0.4, 0.5) is 0 Å². The summed E-state index contributed by atoms with van der Waals surface area (Å²) in [6.07, 6.45) is 29.6. The molecule has 0 spiro atoms. The fourth-order valence-corrected chi connectivity index (χ4v) is 8.87. The largest absolute Gasteiger partial charge is 0.320 e. The van der Waals surface area contributed by atoms with E-state index in [1.54, 1.807) is 0 Å². The normalized spacial score (nSPS) is 11.1. The van der Waals surface area contributed by atoms with E-state index in [0.717, 1.165) is 24.3 Å². The lowest BCUT2D eigenvalue weighted by atomic mass is 10.0. The average Bonchev–Trinajstić information content (AvgIpc) is 3.11. The van der Waals surface area contributed by atoms with E-state index in [0.29, 0.717) is 0 Å². The van der Waals surface area contributed by atoms with E-state index >= 15 is 0 Å². The zero-order chi connectivity index (χ0) is 34.3. The molecule has 0 saturated carbocycles. The summed E-state index contributed by atoms with van der Waals surface area (Å²) in [7, 11) is 5.46. The first-order chi connectivity index (χ1) is 23.6. The maximum Gasteiger partial charge on any atom is 0.320 e. The van der Waals surface area contributed by atoms with E-state index < -0.39 is 11.8 Å². The van der Waals surface area contributed by atoms with Gasteiger partial charge in [-0.1, -0.05) is 200 Å². The Bertz CT molecular complexity index is 980. The fraction of sp³-hybridized carbons (Fsp3) is 0.650. The van der Waals surface area contributed by atoms with Gasteiger partial charge in [-0.25, -0.2) is 0 Å². The molecule has 2 N–H and O–H groups in total. The third kappa shape index (κ3) is 23.2. The fourth-order valence-electron chi connectivity index (χ4n) is 5.66. The van der Waals surface area contributed by atoms with Gasteiger partial charge in [0.1, 0.15) is 0 Å². The number of amides is 2. The molecule has 270 valence electrons. The minimum absolute atomic E-state index is 0.622. The quantitative estimate of drug-likeness (QED) is 0.0361. The highest BCUT2D eigenvalue weighted by Crippen LogP contribution is 2.25. The molecule has 0 unspecified atom stereocenters. The molecular weight excluding hydrogens is 669 g/mol. The standard InChI is InChI=1S/C40H64N2O2S4/c1-3-5-7-9-11-13-15-17-19-21-23-35-25-29-37(30-26-35)33-45-47-41-39(43)40(44)42-48-46-34-38-31-27-36(28-32-38)24-22-20-18-16-14-12-10-8-6-4-2/h25-32H,3-24,33-34H2,1-2H3,(H,41,43)(H,42,44). The van der Waals surface area contributed by atoms with Crippen molar-refractivity contribution in [2.75, 3.05) is 0 Å². The van der Waals surface area contributed by atoms with Crippen LogP contribution >= 0.6 is 43.5 Å². The van der Waals surface area contributed by atoms with Crippen LogP contribution in [-0.4, -0.2) is 11.8 Å². The molecular formula is C40H64N2O2S4. The summed E-state index contributed by atoms with van der Waals surface area (Å²) in [5, 5.41) is 0. The number of carbonyl (C=O) groups excluding carboxylic acids is 2. The van der Waals surface area contributed by atoms with Crippen LogP contribution in [0.5, 0.6) is 0 Å². The van der Waals surface area contributed by atoms with Gasteiger partial charge >= 0.3 is 11.8 Å². The van der Waals surface area contributed by atoms with Crippen LogP contribution in [0.3, 0.4) is 0 Å². The van der Waals surface area contributed by atoms with E-state index in [2.05, 4.69) is 71.8 Å². The molecule has 0 aliphatic carbocycles. The molecule has 0 atom stereocenters. The van der Waals surface area contributed by atoms with Gasteiger partial charge in [-0.3, -0.25) is 19.0 Å². The van der Waals surface area contributed by atoms with Gasteiger partial charge in [0, 0.05) is 33.5 Å². The smallest absolute Gasteiger partial charge is 0.283 e. The van der Waals surface area contributed by atoms with Gasteiger partial charge < -0.3 is 0 Å². The number of unbranched alkanes of at least 4 members (excludes halogenated alkanes) is 18. The van der Waals surface area contributed by atoms with Gasteiger partial charge in [0.25, 0.3) is 0 Å². The molecule has 48 heavy (non-hydrogen) atoms. The first-order valence-electron chi connectivity index (χ1n) is 18.9. The molecule has 0 saturated heterocycles. The topological polar surface area (TPSA) is 58.2 Å². The zero-order valence-corrected chi connectivity index (χ0v) is 33.3. The van der Waals surface area contributed by atoms with Crippen molar-refractivity contribution in [2.24, 2.45) is 0 Å². The van der Waals surface area contributed by atoms with Crippen molar-refractivity contribution in [3.05, 3.63) is 70.8 Å². The second kappa shape index (κ2) is 30.6. The Hall–Kier alpha value is -1.22. The van der Waals surface area contributed by atoms with Gasteiger partial charge in [-0.05, 0) is 47.9 Å². The predicted octanol–water partition coefficient (Wildman–Crippen LogP) is 13.1. The number of benzene rings is 2. The summed E-state index contributed by atoms with van der Waals surface area (Å²) in [6.45, 7) is 4.55. The van der Waals surface area contributed by atoms with E-state index in [9.17, 15) is 9.59 Å². The highest BCUT2D eigenvalue weighted by atomic mass is 33.1.